The summed E-state index contributed by atoms with van der Waals surface area (Å²) in [6.07, 6.45) is 7.67. The average Bonchev–Trinajstić information content (AvgIpc) is 2.92. The molecule has 2 aromatic rings. The zero-order chi connectivity index (χ0) is 13.8. The van der Waals surface area contributed by atoms with Crippen molar-refractivity contribution in [1.29, 1.82) is 0 Å². The van der Waals surface area contributed by atoms with Gasteiger partial charge in [-0.15, -0.1) is 0 Å². The Balaban J connectivity index is 1.60. The van der Waals surface area contributed by atoms with Gasteiger partial charge in [0.15, 0.2) is 0 Å². The molecule has 0 radical (unpaired) electrons. The third-order valence-corrected chi connectivity index (χ3v) is 3.56. The summed E-state index contributed by atoms with van der Waals surface area (Å²) in [5, 5.41) is 10.4. The molecule has 1 amide bonds. The zero-order valence-electron chi connectivity index (χ0n) is 11.3. The van der Waals surface area contributed by atoms with Crippen molar-refractivity contribution in [3.05, 3.63) is 47.8 Å². The fraction of sp³-hybridized carbons (Fsp3) is 0.333. The smallest absolute Gasteiger partial charge is 0.255 e. The second kappa shape index (κ2) is 5.88. The van der Waals surface area contributed by atoms with Crippen molar-refractivity contribution >= 4 is 11.4 Å². The minimum atomic E-state index is -0.0549. The van der Waals surface area contributed by atoms with Gasteiger partial charge in [-0.1, -0.05) is 17.7 Å². The van der Waals surface area contributed by atoms with E-state index in [1.807, 2.05) is 24.4 Å². The standard InChI is InChI=1S/C15H18N4O/c20-15(17-9-6-12-4-7-16-8-5-12)13-11-18-19-10-2-1-3-14(13)19/h1-4,10-11,16H,5-9H2,(H,17,20). The summed E-state index contributed by atoms with van der Waals surface area (Å²) in [6, 6.07) is 5.70. The summed E-state index contributed by atoms with van der Waals surface area (Å²) in [4.78, 5) is 12.2. The molecular formula is C15H18N4O. The first-order chi connectivity index (χ1) is 9.84. The van der Waals surface area contributed by atoms with Gasteiger partial charge in [0.1, 0.15) is 0 Å². The summed E-state index contributed by atoms with van der Waals surface area (Å²) in [5.74, 6) is -0.0549. The van der Waals surface area contributed by atoms with Crippen molar-refractivity contribution in [3.63, 3.8) is 0 Å². The molecule has 5 heteroatoms. The predicted octanol–water partition coefficient (Wildman–Crippen LogP) is 1.37. The molecule has 1 aliphatic rings. The van der Waals surface area contributed by atoms with Gasteiger partial charge in [-0.25, -0.2) is 4.52 Å². The van der Waals surface area contributed by atoms with Crippen molar-refractivity contribution in [2.75, 3.05) is 19.6 Å². The summed E-state index contributed by atoms with van der Waals surface area (Å²) < 4.78 is 1.71. The number of pyridine rings is 1. The van der Waals surface area contributed by atoms with Crippen molar-refractivity contribution in [2.24, 2.45) is 0 Å². The van der Waals surface area contributed by atoms with E-state index in [4.69, 9.17) is 0 Å². The lowest BCUT2D eigenvalue weighted by Crippen LogP contribution is -2.26. The van der Waals surface area contributed by atoms with Crippen LogP contribution in [0.5, 0.6) is 0 Å². The minimum absolute atomic E-state index is 0.0549. The highest BCUT2D eigenvalue weighted by Gasteiger charge is 2.12. The number of hydrogen-bond donors (Lipinski definition) is 2. The van der Waals surface area contributed by atoms with Crippen LogP contribution in [0, 0.1) is 0 Å². The van der Waals surface area contributed by atoms with Crippen LogP contribution in [0.1, 0.15) is 23.2 Å². The largest absolute Gasteiger partial charge is 0.352 e. The summed E-state index contributed by atoms with van der Waals surface area (Å²) in [7, 11) is 0. The number of rotatable bonds is 4. The Bertz CT molecular complexity index is 644. The zero-order valence-corrected chi connectivity index (χ0v) is 11.3. The highest BCUT2D eigenvalue weighted by molar-refractivity contribution is 6.00. The summed E-state index contributed by atoms with van der Waals surface area (Å²) >= 11 is 0. The van der Waals surface area contributed by atoms with E-state index >= 15 is 0 Å². The molecule has 0 aliphatic carbocycles. The van der Waals surface area contributed by atoms with E-state index in [2.05, 4.69) is 21.8 Å². The number of aromatic nitrogens is 2. The van der Waals surface area contributed by atoms with Gasteiger partial charge in [0.05, 0.1) is 17.3 Å². The Morgan fingerprint density at radius 2 is 2.40 bits per heavy atom. The molecule has 0 aromatic carbocycles. The Morgan fingerprint density at radius 3 is 3.25 bits per heavy atom. The van der Waals surface area contributed by atoms with Gasteiger partial charge in [0, 0.05) is 19.3 Å². The second-order valence-electron chi connectivity index (χ2n) is 4.91. The monoisotopic (exact) mass is 270 g/mol. The molecule has 0 saturated carbocycles. The van der Waals surface area contributed by atoms with Crippen LogP contribution in [-0.4, -0.2) is 35.2 Å². The quantitative estimate of drug-likeness (QED) is 0.825. The van der Waals surface area contributed by atoms with Crippen molar-refractivity contribution in [1.82, 2.24) is 20.2 Å². The predicted molar refractivity (Wildman–Crippen MR) is 77.7 cm³/mol. The molecule has 0 atom stereocenters. The SMILES string of the molecule is O=C(NCCC1=CCNCC1)c1cnn2ccccc12. The lowest BCUT2D eigenvalue weighted by Gasteiger charge is -2.14. The van der Waals surface area contributed by atoms with Crippen LogP contribution in [0.25, 0.3) is 5.52 Å². The van der Waals surface area contributed by atoms with Crippen molar-refractivity contribution in [2.45, 2.75) is 12.8 Å². The van der Waals surface area contributed by atoms with Crippen LogP contribution >= 0.6 is 0 Å². The minimum Gasteiger partial charge on any atom is -0.352 e. The topological polar surface area (TPSA) is 58.4 Å². The molecule has 2 N–H and O–H groups in total. The van der Waals surface area contributed by atoms with E-state index in [0.29, 0.717) is 12.1 Å². The molecule has 0 spiro atoms. The number of amides is 1. The first-order valence-electron chi connectivity index (χ1n) is 6.94. The highest BCUT2D eigenvalue weighted by atomic mass is 16.1. The van der Waals surface area contributed by atoms with Crippen molar-refractivity contribution in [3.8, 4) is 0 Å². The molecular weight excluding hydrogens is 252 g/mol. The fourth-order valence-electron chi connectivity index (χ4n) is 2.44. The third-order valence-electron chi connectivity index (χ3n) is 3.56. The first-order valence-corrected chi connectivity index (χ1v) is 6.94. The molecule has 1 aliphatic heterocycles. The van der Waals surface area contributed by atoms with E-state index in [9.17, 15) is 4.79 Å². The Labute approximate surface area is 117 Å². The second-order valence-corrected chi connectivity index (χ2v) is 4.91. The summed E-state index contributed by atoms with van der Waals surface area (Å²) in [5.41, 5.74) is 2.89. The van der Waals surface area contributed by atoms with Gasteiger partial charge < -0.3 is 10.6 Å². The number of carbonyl (C=O) groups is 1. The molecule has 0 bridgehead atoms. The number of carbonyl (C=O) groups excluding carboxylic acids is 1. The van der Waals surface area contributed by atoms with Crippen LogP contribution in [-0.2, 0) is 0 Å². The molecule has 0 fully saturated rings. The molecule has 2 aromatic heterocycles. The maximum Gasteiger partial charge on any atom is 0.255 e. The molecule has 0 unspecified atom stereocenters. The van der Waals surface area contributed by atoms with E-state index in [1.54, 1.807) is 10.7 Å². The third kappa shape index (κ3) is 2.72. The van der Waals surface area contributed by atoms with Gasteiger partial charge in [-0.05, 0) is 31.5 Å². The summed E-state index contributed by atoms with van der Waals surface area (Å²) in [6.45, 7) is 2.65. The van der Waals surface area contributed by atoms with Gasteiger partial charge in [0.2, 0.25) is 0 Å². The fourth-order valence-corrected chi connectivity index (χ4v) is 2.44. The van der Waals surface area contributed by atoms with E-state index < -0.39 is 0 Å². The van der Waals surface area contributed by atoms with E-state index in [-0.39, 0.29) is 5.91 Å². The van der Waals surface area contributed by atoms with Crippen molar-refractivity contribution < 1.29 is 4.79 Å². The number of hydrogen-bond acceptors (Lipinski definition) is 3. The Hall–Kier alpha value is -2.14. The van der Waals surface area contributed by atoms with Gasteiger partial charge in [-0.2, -0.15) is 5.10 Å². The van der Waals surface area contributed by atoms with Crippen LogP contribution in [0.4, 0.5) is 0 Å². The molecule has 0 saturated heterocycles. The highest BCUT2D eigenvalue weighted by Crippen LogP contribution is 2.11. The maximum absolute atomic E-state index is 12.2. The van der Waals surface area contributed by atoms with E-state index in [1.165, 1.54) is 5.57 Å². The molecule has 104 valence electrons. The van der Waals surface area contributed by atoms with Crippen LogP contribution in [0.2, 0.25) is 0 Å². The number of nitrogens with one attached hydrogen (secondary N) is 2. The van der Waals surface area contributed by atoms with Crippen LogP contribution < -0.4 is 10.6 Å². The van der Waals surface area contributed by atoms with Gasteiger partial charge in [0.25, 0.3) is 5.91 Å². The Morgan fingerprint density at radius 1 is 1.45 bits per heavy atom. The lowest BCUT2D eigenvalue weighted by atomic mass is 10.1. The normalized spacial score (nSPS) is 15.1. The molecule has 20 heavy (non-hydrogen) atoms. The van der Waals surface area contributed by atoms with Gasteiger partial charge >= 0.3 is 0 Å². The maximum atomic E-state index is 12.2. The first kappa shape index (κ1) is 12.9. The van der Waals surface area contributed by atoms with Gasteiger partial charge in [-0.3, -0.25) is 4.79 Å². The average molecular weight is 270 g/mol. The molecule has 5 nitrogen and oxygen atoms in total. The molecule has 3 rings (SSSR count). The number of nitrogens with zero attached hydrogens (tertiary/aromatic N) is 2. The van der Waals surface area contributed by atoms with Crippen LogP contribution in [0.15, 0.2) is 42.2 Å². The van der Waals surface area contributed by atoms with E-state index in [0.717, 1.165) is 31.4 Å². The Kier molecular flexibility index (Phi) is 3.78. The molecule has 3 heterocycles. The number of fused-ring (bicyclic) bond motifs is 1. The lowest BCUT2D eigenvalue weighted by molar-refractivity contribution is 0.0955. The van der Waals surface area contributed by atoms with Crippen LogP contribution in [0.3, 0.4) is 0 Å².